The van der Waals surface area contributed by atoms with Crippen LogP contribution >= 0.6 is 0 Å². The number of amides is 1. The molecule has 0 heterocycles. The Balaban J connectivity index is 1.62. The molecule has 0 fully saturated rings. The molecule has 0 unspecified atom stereocenters. The van der Waals surface area contributed by atoms with Crippen LogP contribution in [0.3, 0.4) is 0 Å². The Morgan fingerprint density at radius 2 is 1.47 bits per heavy atom. The van der Waals surface area contributed by atoms with Gasteiger partial charge < -0.3 is 5.32 Å². The van der Waals surface area contributed by atoms with Crippen LogP contribution in [0.15, 0.2) is 102 Å². The van der Waals surface area contributed by atoms with Crippen LogP contribution in [0.25, 0.3) is 0 Å². The fourth-order valence-corrected chi connectivity index (χ4v) is 5.45. The maximum absolute atomic E-state index is 13.6. The molecule has 6 heteroatoms. The van der Waals surface area contributed by atoms with Gasteiger partial charge in [0.05, 0.1) is 17.1 Å². The summed E-state index contributed by atoms with van der Waals surface area (Å²) in [5, 5.41) is 2.98. The molecular weight excluding hydrogens is 468 g/mol. The Hall–Kier alpha value is -3.90. The fourth-order valence-electron chi connectivity index (χ4n) is 3.99. The lowest BCUT2D eigenvalue weighted by atomic mass is 10.1. The second kappa shape index (κ2) is 10.8. The van der Waals surface area contributed by atoms with E-state index in [1.165, 1.54) is 4.31 Å². The van der Waals surface area contributed by atoms with Gasteiger partial charge in [-0.15, -0.1) is 0 Å². The number of aryl methyl sites for hydroxylation is 3. The zero-order chi connectivity index (χ0) is 25.7. The number of hydrogen-bond acceptors (Lipinski definition) is 3. The van der Waals surface area contributed by atoms with E-state index < -0.39 is 10.0 Å². The lowest BCUT2D eigenvalue weighted by Gasteiger charge is -2.25. The third kappa shape index (κ3) is 5.50. The fraction of sp³-hybridized carbons (Fsp3) is 0.167. The average Bonchev–Trinajstić information content (AvgIpc) is 2.90. The zero-order valence-corrected chi connectivity index (χ0v) is 21.5. The Kier molecular flexibility index (Phi) is 7.55. The summed E-state index contributed by atoms with van der Waals surface area (Å²) in [6, 6.07) is 28.9. The highest BCUT2D eigenvalue weighted by atomic mass is 32.2. The molecule has 0 radical (unpaired) electrons. The second-order valence-corrected chi connectivity index (χ2v) is 10.6. The van der Waals surface area contributed by atoms with Gasteiger partial charge in [-0.25, -0.2) is 8.42 Å². The van der Waals surface area contributed by atoms with E-state index in [0.717, 1.165) is 34.4 Å². The predicted molar refractivity (Wildman–Crippen MR) is 146 cm³/mol. The van der Waals surface area contributed by atoms with Crippen molar-refractivity contribution in [1.82, 2.24) is 0 Å². The normalized spacial score (nSPS) is 11.2. The molecule has 1 N–H and O–H groups in total. The van der Waals surface area contributed by atoms with Gasteiger partial charge in [0, 0.05) is 11.3 Å². The highest BCUT2D eigenvalue weighted by Gasteiger charge is 2.25. The molecule has 4 aromatic carbocycles. The second-order valence-electron chi connectivity index (χ2n) is 8.76. The molecule has 0 aromatic heterocycles. The van der Waals surface area contributed by atoms with Crippen LogP contribution in [-0.2, 0) is 23.0 Å². The van der Waals surface area contributed by atoms with E-state index in [-0.39, 0.29) is 17.3 Å². The lowest BCUT2D eigenvalue weighted by Crippen LogP contribution is -2.30. The number of rotatable bonds is 8. The Labute approximate surface area is 213 Å². The van der Waals surface area contributed by atoms with Gasteiger partial charge >= 0.3 is 0 Å². The summed E-state index contributed by atoms with van der Waals surface area (Å²) >= 11 is 0. The van der Waals surface area contributed by atoms with Crippen molar-refractivity contribution < 1.29 is 13.2 Å². The highest BCUT2D eigenvalue weighted by Crippen LogP contribution is 2.28. The van der Waals surface area contributed by atoms with Crippen molar-refractivity contribution >= 4 is 27.3 Å². The summed E-state index contributed by atoms with van der Waals surface area (Å²) < 4.78 is 28.7. The quantitative estimate of drug-likeness (QED) is 0.301. The lowest BCUT2D eigenvalue weighted by molar-refractivity contribution is 0.102. The minimum atomic E-state index is -3.80. The number of hydrogen-bond donors (Lipinski definition) is 1. The van der Waals surface area contributed by atoms with Crippen molar-refractivity contribution in [3.8, 4) is 0 Å². The van der Waals surface area contributed by atoms with Crippen LogP contribution in [0.2, 0.25) is 0 Å². The average molecular weight is 499 g/mol. The van der Waals surface area contributed by atoms with Crippen LogP contribution in [0.1, 0.15) is 39.5 Å². The Morgan fingerprint density at radius 1 is 0.806 bits per heavy atom. The first-order chi connectivity index (χ1) is 17.3. The molecule has 0 spiro atoms. The van der Waals surface area contributed by atoms with Gasteiger partial charge in [-0.2, -0.15) is 0 Å². The zero-order valence-electron chi connectivity index (χ0n) is 20.7. The van der Waals surface area contributed by atoms with Gasteiger partial charge in [0.15, 0.2) is 0 Å². The molecule has 4 aromatic rings. The largest absolute Gasteiger partial charge is 0.322 e. The molecule has 0 aliphatic carbocycles. The molecule has 0 atom stereocenters. The number of sulfonamides is 1. The van der Waals surface area contributed by atoms with E-state index in [1.54, 1.807) is 54.6 Å². The van der Waals surface area contributed by atoms with Crippen LogP contribution in [-0.4, -0.2) is 14.3 Å². The Bertz CT molecular complexity index is 1460. The number of carbonyl (C=O) groups excluding carboxylic acids is 1. The van der Waals surface area contributed by atoms with E-state index in [2.05, 4.69) is 5.32 Å². The van der Waals surface area contributed by atoms with Crippen molar-refractivity contribution in [3.63, 3.8) is 0 Å². The third-order valence-corrected chi connectivity index (χ3v) is 8.09. The van der Waals surface area contributed by atoms with E-state index in [9.17, 15) is 13.2 Å². The number of para-hydroxylation sites is 1. The monoisotopic (exact) mass is 498 g/mol. The molecule has 0 saturated carbocycles. The predicted octanol–water partition coefficient (Wildman–Crippen LogP) is 6.51. The standard InChI is InChI=1S/C30H30N2O3S/c1-4-25-10-8-9-13-29(25)31-30(33)26-17-15-24(16-18-26)21-32(27-19-14-22(2)23(3)20-27)36(34,35)28-11-6-5-7-12-28/h5-20H,4,21H2,1-3H3,(H,31,33). The number of anilines is 2. The molecule has 0 saturated heterocycles. The summed E-state index contributed by atoms with van der Waals surface area (Å²) in [6.45, 7) is 6.15. The summed E-state index contributed by atoms with van der Waals surface area (Å²) in [5.74, 6) is -0.203. The molecular formula is C30H30N2O3S. The number of nitrogens with zero attached hydrogens (tertiary/aromatic N) is 1. The van der Waals surface area contributed by atoms with Crippen molar-refractivity contribution in [2.45, 2.75) is 38.6 Å². The summed E-state index contributed by atoms with van der Waals surface area (Å²) in [7, 11) is -3.80. The molecule has 184 valence electrons. The maximum atomic E-state index is 13.6. The number of nitrogens with one attached hydrogen (secondary N) is 1. The minimum Gasteiger partial charge on any atom is -0.322 e. The van der Waals surface area contributed by atoms with Crippen LogP contribution < -0.4 is 9.62 Å². The van der Waals surface area contributed by atoms with Crippen LogP contribution in [0.4, 0.5) is 11.4 Å². The summed E-state index contributed by atoms with van der Waals surface area (Å²) in [5.41, 5.74) is 5.85. The van der Waals surface area contributed by atoms with Crippen LogP contribution in [0.5, 0.6) is 0 Å². The van der Waals surface area contributed by atoms with Crippen molar-refractivity contribution in [3.05, 3.63) is 125 Å². The topological polar surface area (TPSA) is 66.5 Å². The Morgan fingerprint density at radius 3 is 2.14 bits per heavy atom. The summed E-state index contributed by atoms with van der Waals surface area (Å²) in [6.07, 6.45) is 0.819. The van der Waals surface area contributed by atoms with E-state index in [1.807, 2.05) is 63.2 Å². The van der Waals surface area contributed by atoms with Gasteiger partial charge in [0.2, 0.25) is 0 Å². The first-order valence-electron chi connectivity index (χ1n) is 11.9. The van der Waals surface area contributed by atoms with Crippen LogP contribution in [0, 0.1) is 13.8 Å². The highest BCUT2D eigenvalue weighted by molar-refractivity contribution is 7.92. The van der Waals surface area contributed by atoms with Gasteiger partial charge in [0.1, 0.15) is 0 Å². The van der Waals surface area contributed by atoms with Crippen molar-refractivity contribution in [2.24, 2.45) is 0 Å². The first-order valence-corrected chi connectivity index (χ1v) is 13.4. The van der Waals surface area contributed by atoms with E-state index >= 15 is 0 Å². The first kappa shape index (κ1) is 25.2. The van der Waals surface area contributed by atoms with E-state index in [0.29, 0.717) is 11.3 Å². The molecule has 5 nitrogen and oxygen atoms in total. The molecule has 0 aliphatic heterocycles. The third-order valence-electron chi connectivity index (χ3n) is 6.30. The molecule has 4 rings (SSSR count). The van der Waals surface area contributed by atoms with Gasteiger partial charge in [0.25, 0.3) is 15.9 Å². The smallest absolute Gasteiger partial charge is 0.264 e. The van der Waals surface area contributed by atoms with E-state index in [4.69, 9.17) is 0 Å². The molecule has 1 amide bonds. The summed E-state index contributed by atoms with van der Waals surface area (Å²) in [4.78, 5) is 13.1. The maximum Gasteiger partial charge on any atom is 0.264 e. The molecule has 0 bridgehead atoms. The van der Waals surface area contributed by atoms with Crippen molar-refractivity contribution in [2.75, 3.05) is 9.62 Å². The molecule has 0 aliphatic rings. The van der Waals surface area contributed by atoms with Gasteiger partial charge in [-0.1, -0.05) is 61.5 Å². The van der Waals surface area contributed by atoms with Gasteiger partial charge in [-0.05, 0) is 85.0 Å². The molecule has 36 heavy (non-hydrogen) atoms. The number of benzene rings is 4. The number of carbonyl (C=O) groups is 1. The van der Waals surface area contributed by atoms with Crippen molar-refractivity contribution in [1.29, 1.82) is 0 Å². The SMILES string of the molecule is CCc1ccccc1NC(=O)c1ccc(CN(c2ccc(C)c(C)c2)S(=O)(=O)c2ccccc2)cc1. The minimum absolute atomic E-state index is 0.139. The van der Waals surface area contributed by atoms with Gasteiger partial charge in [-0.3, -0.25) is 9.10 Å².